The molecule has 2 atom stereocenters. The molecule has 0 saturated carbocycles. The first-order chi connectivity index (χ1) is 12.7. The number of nitrogens with zero attached hydrogens (tertiary/aromatic N) is 3. The van der Waals surface area contributed by atoms with Crippen molar-refractivity contribution in [1.82, 2.24) is 15.6 Å². The molecule has 2 saturated heterocycles. The van der Waals surface area contributed by atoms with Crippen molar-refractivity contribution < 1.29 is 4.74 Å². The summed E-state index contributed by atoms with van der Waals surface area (Å²) in [5.41, 5.74) is 1.13. The third-order valence-corrected chi connectivity index (χ3v) is 6.06. The van der Waals surface area contributed by atoms with E-state index in [9.17, 15) is 0 Å². The smallest absolute Gasteiger partial charge is 0.191 e. The molecule has 1 aromatic heterocycles. The van der Waals surface area contributed by atoms with Crippen LogP contribution in [0.3, 0.4) is 0 Å². The van der Waals surface area contributed by atoms with Gasteiger partial charge in [0.25, 0.3) is 0 Å². The standard InChI is InChI=1S/C19H31N5OS/c1-3-20-19(23-13-17-5-4-10-26-17)22-12-16-6-7-18(21-11-16)24-8-9-25-15(2)14-24/h6-7,11,15,17H,3-5,8-10,12-14H2,1-2H3,(H2,20,22,23). The summed E-state index contributed by atoms with van der Waals surface area (Å²) in [4.78, 5) is 11.6. The van der Waals surface area contributed by atoms with E-state index in [0.717, 1.165) is 55.4 Å². The van der Waals surface area contributed by atoms with Crippen LogP contribution in [0.15, 0.2) is 23.3 Å². The van der Waals surface area contributed by atoms with Gasteiger partial charge in [0.15, 0.2) is 5.96 Å². The van der Waals surface area contributed by atoms with Gasteiger partial charge in [0.1, 0.15) is 5.82 Å². The minimum atomic E-state index is 0.265. The topological polar surface area (TPSA) is 61.8 Å². The first-order valence-corrected chi connectivity index (χ1v) is 10.7. The van der Waals surface area contributed by atoms with Crippen molar-refractivity contribution in [1.29, 1.82) is 0 Å². The van der Waals surface area contributed by atoms with Crippen LogP contribution in [0.5, 0.6) is 0 Å². The van der Waals surface area contributed by atoms with Crippen LogP contribution >= 0.6 is 11.8 Å². The quantitative estimate of drug-likeness (QED) is 0.586. The molecule has 26 heavy (non-hydrogen) atoms. The number of aromatic nitrogens is 1. The van der Waals surface area contributed by atoms with E-state index in [1.165, 1.54) is 18.6 Å². The van der Waals surface area contributed by atoms with Gasteiger partial charge in [-0.25, -0.2) is 9.98 Å². The van der Waals surface area contributed by atoms with Crippen LogP contribution in [-0.2, 0) is 11.3 Å². The average molecular weight is 378 g/mol. The summed E-state index contributed by atoms with van der Waals surface area (Å²) in [5.74, 6) is 3.21. The highest BCUT2D eigenvalue weighted by Gasteiger charge is 2.18. The maximum Gasteiger partial charge on any atom is 0.191 e. The molecule has 6 nitrogen and oxygen atoms in total. The molecule has 3 heterocycles. The van der Waals surface area contributed by atoms with Gasteiger partial charge in [-0.05, 0) is 44.1 Å². The van der Waals surface area contributed by atoms with E-state index in [0.29, 0.717) is 6.54 Å². The molecule has 2 aliphatic rings. The maximum atomic E-state index is 5.60. The summed E-state index contributed by atoms with van der Waals surface area (Å²) < 4.78 is 5.60. The second-order valence-corrected chi connectivity index (χ2v) is 8.27. The van der Waals surface area contributed by atoms with E-state index < -0.39 is 0 Å². The summed E-state index contributed by atoms with van der Waals surface area (Å²) in [6.45, 7) is 9.28. The summed E-state index contributed by atoms with van der Waals surface area (Å²) in [5, 5.41) is 7.53. The fourth-order valence-electron chi connectivity index (χ4n) is 3.25. The number of pyridine rings is 1. The second kappa shape index (κ2) is 10.0. The molecule has 0 amide bonds. The predicted molar refractivity (Wildman–Crippen MR) is 110 cm³/mol. The lowest BCUT2D eigenvalue weighted by molar-refractivity contribution is 0.0529. The second-order valence-electron chi connectivity index (χ2n) is 6.86. The van der Waals surface area contributed by atoms with Crippen LogP contribution < -0.4 is 15.5 Å². The number of anilines is 1. The van der Waals surface area contributed by atoms with Gasteiger partial charge in [-0.2, -0.15) is 11.8 Å². The summed E-state index contributed by atoms with van der Waals surface area (Å²) >= 11 is 2.06. The molecule has 0 radical (unpaired) electrons. The molecule has 0 bridgehead atoms. The molecule has 7 heteroatoms. The van der Waals surface area contributed by atoms with Crippen LogP contribution in [0.1, 0.15) is 32.3 Å². The highest BCUT2D eigenvalue weighted by Crippen LogP contribution is 2.25. The summed E-state index contributed by atoms with van der Waals surface area (Å²) in [7, 11) is 0. The fourth-order valence-corrected chi connectivity index (χ4v) is 4.45. The normalized spacial score (nSPS) is 23.9. The van der Waals surface area contributed by atoms with Crippen LogP contribution in [-0.4, -0.2) is 60.8 Å². The van der Waals surface area contributed by atoms with Crippen LogP contribution in [0, 0.1) is 0 Å². The minimum absolute atomic E-state index is 0.265. The fraction of sp³-hybridized carbons (Fsp3) is 0.684. The van der Waals surface area contributed by atoms with Crippen LogP contribution in [0.4, 0.5) is 5.82 Å². The van der Waals surface area contributed by atoms with Crippen LogP contribution in [0.2, 0.25) is 0 Å². The number of rotatable bonds is 6. The summed E-state index contributed by atoms with van der Waals surface area (Å²) in [6.07, 6.45) is 4.85. The number of thioether (sulfide) groups is 1. The number of aliphatic imine (C=N–C) groups is 1. The largest absolute Gasteiger partial charge is 0.375 e. The number of ether oxygens (including phenoxy) is 1. The molecular formula is C19H31N5OS. The third kappa shape index (κ3) is 5.77. The minimum Gasteiger partial charge on any atom is -0.375 e. The van der Waals surface area contributed by atoms with Gasteiger partial charge >= 0.3 is 0 Å². The Morgan fingerprint density at radius 2 is 2.35 bits per heavy atom. The maximum absolute atomic E-state index is 5.60. The number of hydrogen-bond acceptors (Lipinski definition) is 5. The zero-order valence-corrected chi connectivity index (χ0v) is 16.7. The van der Waals surface area contributed by atoms with E-state index in [1.807, 2.05) is 6.20 Å². The highest BCUT2D eigenvalue weighted by atomic mass is 32.2. The van der Waals surface area contributed by atoms with Gasteiger partial charge in [0.2, 0.25) is 0 Å². The molecule has 2 unspecified atom stereocenters. The van der Waals surface area contributed by atoms with Crippen molar-refractivity contribution in [2.45, 2.75) is 44.6 Å². The predicted octanol–water partition coefficient (Wildman–Crippen LogP) is 2.26. The molecule has 2 fully saturated rings. The zero-order valence-electron chi connectivity index (χ0n) is 15.9. The molecular weight excluding hydrogens is 346 g/mol. The number of guanidine groups is 1. The van der Waals surface area contributed by atoms with Crippen molar-refractivity contribution >= 4 is 23.5 Å². The monoisotopic (exact) mass is 377 g/mol. The lowest BCUT2D eigenvalue weighted by atomic mass is 10.2. The molecule has 144 valence electrons. The number of morpholine rings is 1. The van der Waals surface area contributed by atoms with Crippen molar-refractivity contribution in [2.75, 3.05) is 43.4 Å². The Morgan fingerprint density at radius 1 is 1.42 bits per heavy atom. The SMILES string of the molecule is CCNC(=NCc1ccc(N2CCOC(C)C2)nc1)NCC1CCCS1. The molecule has 0 spiro atoms. The van der Waals surface area contributed by atoms with E-state index in [1.54, 1.807) is 0 Å². The Balaban J connectivity index is 1.53. The number of nitrogens with one attached hydrogen (secondary N) is 2. The van der Waals surface area contributed by atoms with E-state index in [-0.39, 0.29) is 6.10 Å². The molecule has 3 rings (SSSR count). The third-order valence-electron chi connectivity index (χ3n) is 4.66. The van der Waals surface area contributed by atoms with E-state index >= 15 is 0 Å². The van der Waals surface area contributed by atoms with Gasteiger partial charge in [-0.1, -0.05) is 6.07 Å². The van der Waals surface area contributed by atoms with Crippen molar-refractivity contribution in [3.8, 4) is 0 Å². The Hall–Kier alpha value is -1.47. The van der Waals surface area contributed by atoms with Crippen LogP contribution in [0.25, 0.3) is 0 Å². The van der Waals surface area contributed by atoms with Crippen molar-refractivity contribution in [2.24, 2.45) is 4.99 Å². The molecule has 2 aliphatic heterocycles. The Bertz CT molecular complexity index is 574. The van der Waals surface area contributed by atoms with Crippen molar-refractivity contribution in [3.63, 3.8) is 0 Å². The van der Waals surface area contributed by atoms with Gasteiger partial charge in [-0.15, -0.1) is 0 Å². The molecule has 0 aliphatic carbocycles. The van der Waals surface area contributed by atoms with Gasteiger partial charge in [0.05, 0.1) is 19.3 Å². The Morgan fingerprint density at radius 3 is 3.04 bits per heavy atom. The van der Waals surface area contributed by atoms with Gasteiger partial charge < -0.3 is 20.3 Å². The first-order valence-electron chi connectivity index (χ1n) is 9.70. The van der Waals surface area contributed by atoms with E-state index in [4.69, 9.17) is 9.73 Å². The van der Waals surface area contributed by atoms with Gasteiger partial charge in [0, 0.05) is 37.6 Å². The Labute approximate surface area is 161 Å². The van der Waals surface area contributed by atoms with Gasteiger partial charge in [-0.3, -0.25) is 0 Å². The highest BCUT2D eigenvalue weighted by molar-refractivity contribution is 8.00. The Kier molecular flexibility index (Phi) is 7.43. The molecule has 2 N–H and O–H groups in total. The van der Waals surface area contributed by atoms with Crippen molar-refractivity contribution in [3.05, 3.63) is 23.9 Å². The average Bonchev–Trinajstić information content (AvgIpc) is 3.18. The molecule has 1 aromatic rings. The lowest BCUT2D eigenvalue weighted by Crippen LogP contribution is -2.41. The summed E-state index contributed by atoms with van der Waals surface area (Å²) in [6, 6.07) is 4.22. The first kappa shape index (κ1) is 19.3. The number of hydrogen-bond donors (Lipinski definition) is 2. The van der Waals surface area contributed by atoms with E-state index in [2.05, 4.69) is 58.3 Å². The zero-order chi connectivity index (χ0) is 18.2. The molecule has 0 aromatic carbocycles. The lowest BCUT2D eigenvalue weighted by Gasteiger charge is -2.32.